The Labute approximate surface area is 213 Å². The Morgan fingerprint density at radius 3 is 2.47 bits per heavy atom. The second kappa shape index (κ2) is 11.0. The average Bonchev–Trinajstić information content (AvgIpc) is 2.87. The van der Waals surface area contributed by atoms with Crippen LogP contribution in [0, 0.1) is 5.82 Å². The normalized spacial score (nSPS) is 14.6. The van der Waals surface area contributed by atoms with Gasteiger partial charge in [-0.1, -0.05) is 36.4 Å². The van der Waals surface area contributed by atoms with Crippen LogP contribution < -0.4 is 19.7 Å². The van der Waals surface area contributed by atoms with Crippen molar-refractivity contribution in [3.8, 4) is 11.5 Å². The van der Waals surface area contributed by atoms with Crippen LogP contribution in [0.25, 0.3) is 6.08 Å². The lowest BCUT2D eigenvalue weighted by Crippen LogP contribution is -2.54. The average molecular weight is 503 g/mol. The van der Waals surface area contributed by atoms with Gasteiger partial charge in [0.05, 0.1) is 12.8 Å². The number of rotatable bonds is 8. The summed E-state index contributed by atoms with van der Waals surface area (Å²) in [6.07, 6.45) is 3.67. The zero-order chi connectivity index (χ0) is 25.7. The molecule has 3 aromatic rings. The Morgan fingerprint density at radius 1 is 1.08 bits per heavy atom. The standard InChI is InChI=1S/C28H23FN2O4S/c1-3-7-20-14-19(16-24(34-2)25(20)35-17-18-8-5-4-6-9-18)15-23-26(32)30-28(36)31(27(23)33)22-12-10-21(29)11-13-22/h3-6,8-16H,1,7,17H2,2H3,(H,30,32,36)/b23-15-. The molecule has 6 nitrogen and oxygen atoms in total. The van der Waals surface area contributed by atoms with Crippen LogP contribution in [0.1, 0.15) is 16.7 Å². The van der Waals surface area contributed by atoms with Crippen molar-refractivity contribution in [3.63, 3.8) is 0 Å². The lowest BCUT2D eigenvalue weighted by Gasteiger charge is -2.29. The fourth-order valence-corrected chi connectivity index (χ4v) is 4.05. The third-order valence-corrected chi connectivity index (χ3v) is 5.75. The summed E-state index contributed by atoms with van der Waals surface area (Å²) >= 11 is 5.20. The third-order valence-electron chi connectivity index (χ3n) is 5.46. The number of nitrogens with one attached hydrogen (secondary N) is 1. The Balaban J connectivity index is 1.70. The molecule has 1 heterocycles. The molecule has 36 heavy (non-hydrogen) atoms. The van der Waals surface area contributed by atoms with Gasteiger partial charge in [-0.3, -0.25) is 19.8 Å². The number of methoxy groups -OCH3 is 1. The SMILES string of the molecule is C=CCc1cc(/C=C2/C(=O)NC(=S)N(c3ccc(F)cc3)C2=O)cc(OC)c1OCc1ccccc1. The lowest BCUT2D eigenvalue weighted by molar-refractivity contribution is -0.122. The van der Waals surface area contributed by atoms with Crippen LogP contribution in [0.2, 0.25) is 0 Å². The van der Waals surface area contributed by atoms with Crippen molar-refractivity contribution in [3.05, 3.63) is 107 Å². The van der Waals surface area contributed by atoms with E-state index in [2.05, 4.69) is 11.9 Å². The molecule has 1 aliphatic rings. The predicted molar refractivity (Wildman–Crippen MR) is 140 cm³/mol. The van der Waals surface area contributed by atoms with Gasteiger partial charge < -0.3 is 9.47 Å². The van der Waals surface area contributed by atoms with Gasteiger partial charge >= 0.3 is 0 Å². The number of anilines is 1. The van der Waals surface area contributed by atoms with Crippen molar-refractivity contribution in [1.29, 1.82) is 0 Å². The molecule has 1 N–H and O–H groups in total. The van der Waals surface area contributed by atoms with Crippen molar-refractivity contribution in [1.82, 2.24) is 5.32 Å². The maximum Gasteiger partial charge on any atom is 0.270 e. The van der Waals surface area contributed by atoms with Gasteiger partial charge in [0.25, 0.3) is 11.8 Å². The number of carbonyl (C=O) groups is 2. The molecule has 182 valence electrons. The molecule has 0 radical (unpaired) electrons. The van der Waals surface area contributed by atoms with Crippen molar-refractivity contribution < 1.29 is 23.5 Å². The second-order valence-electron chi connectivity index (χ2n) is 7.91. The second-order valence-corrected chi connectivity index (χ2v) is 8.30. The molecule has 4 rings (SSSR count). The quantitative estimate of drug-likeness (QED) is 0.204. The first kappa shape index (κ1) is 24.8. The predicted octanol–water partition coefficient (Wildman–Crippen LogP) is 4.97. The largest absolute Gasteiger partial charge is 0.493 e. The smallest absolute Gasteiger partial charge is 0.270 e. The van der Waals surface area contributed by atoms with Crippen LogP contribution >= 0.6 is 12.2 Å². The fourth-order valence-electron chi connectivity index (χ4n) is 3.77. The molecule has 2 amide bonds. The van der Waals surface area contributed by atoms with Crippen LogP contribution in [-0.2, 0) is 22.6 Å². The fraction of sp³-hybridized carbons (Fsp3) is 0.107. The van der Waals surface area contributed by atoms with Crippen LogP contribution in [0.4, 0.5) is 10.1 Å². The Kier molecular flexibility index (Phi) is 7.56. The number of nitrogens with zero attached hydrogens (tertiary/aromatic N) is 1. The monoisotopic (exact) mass is 502 g/mol. The van der Waals surface area contributed by atoms with Crippen LogP contribution in [0.3, 0.4) is 0 Å². The highest BCUT2D eigenvalue weighted by Crippen LogP contribution is 2.35. The van der Waals surface area contributed by atoms with E-state index in [1.54, 1.807) is 12.1 Å². The summed E-state index contributed by atoms with van der Waals surface area (Å²) in [5, 5.41) is 2.44. The molecule has 0 atom stereocenters. The minimum atomic E-state index is -0.628. The van der Waals surface area contributed by atoms with E-state index < -0.39 is 17.6 Å². The number of benzene rings is 3. The van der Waals surface area contributed by atoms with E-state index in [1.165, 1.54) is 37.5 Å². The number of amides is 2. The van der Waals surface area contributed by atoms with Crippen molar-refractivity contribution in [2.75, 3.05) is 12.0 Å². The summed E-state index contributed by atoms with van der Waals surface area (Å²) < 4.78 is 25.1. The maximum atomic E-state index is 13.4. The topological polar surface area (TPSA) is 67.9 Å². The Bertz CT molecular complexity index is 1350. The number of hydrogen-bond donors (Lipinski definition) is 1. The van der Waals surface area contributed by atoms with Gasteiger partial charge in [-0.25, -0.2) is 4.39 Å². The molecule has 0 spiro atoms. The lowest BCUT2D eigenvalue weighted by atomic mass is 10.0. The minimum absolute atomic E-state index is 0.0802. The molecule has 1 aliphatic heterocycles. The number of hydrogen-bond acceptors (Lipinski definition) is 5. The Morgan fingerprint density at radius 2 is 1.81 bits per heavy atom. The summed E-state index contributed by atoms with van der Waals surface area (Å²) in [6, 6.07) is 18.5. The minimum Gasteiger partial charge on any atom is -0.493 e. The first-order valence-electron chi connectivity index (χ1n) is 11.1. The highest BCUT2D eigenvalue weighted by molar-refractivity contribution is 7.80. The molecule has 0 aliphatic carbocycles. The number of thiocarbonyl (C=S) groups is 1. The summed E-state index contributed by atoms with van der Waals surface area (Å²) in [5.41, 5.74) is 2.55. The van der Waals surface area contributed by atoms with Crippen LogP contribution in [-0.4, -0.2) is 24.0 Å². The summed E-state index contributed by atoms with van der Waals surface area (Å²) in [4.78, 5) is 27.1. The van der Waals surface area contributed by atoms with Crippen molar-refractivity contribution in [2.24, 2.45) is 0 Å². The molecule has 0 bridgehead atoms. The van der Waals surface area contributed by atoms with E-state index in [4.69, 9.17) is 21.7 Å². The Hall–Kier alpha value is -4.30. The molecule has 0 unspecified atom stereocenters. The van der Waals surface area contributed by atoms with E-state index >= 15 is 0 Å². The summed E-state index contributed by atoms with van der Waals surface area (Å²) in [6.45, 7) is 4.16. The molecule has 8 heteroatoms. The maximum absolute atomic E-state index is 13.4. The molecular weight excluding hydrogens is 479 g/mol. The number of allylic oxidation sites excluding steroid dienone is 1. The van der Waals surface area contributed by atoms with E-state index in [-0.39, 0.29) is 10.7 Å². The van der Waals surface area contributed by atoms with Gasteiger partial charge in [-0.15, -0.1) is 6.58 Å². The van der Waals surface area contributed by atoms with Gasteiger partial charge in [0.15, 0.2) is 16.6 Å². The van der Waals surface area contributed by atoms with Crippen LogP contribution in [0.5, 0.6) is 11.5 Å². The third kappa shape index (κ3) is 5.34. The van der Waals surface area contributed by atoms with Gasteiger partial charge in [0.2, 0.25) is 0 Å². The van der Waals surface area contributed by atoms with Gasteiger partial charge in [-0.2, -0.15) is 0 Å². The summed E-state index contributed by atoms with van der Waals surface area (Å²) in [5.74, 6) is -0.699. The zero-order valence-corrected chi connectivity index (χ0v) is 20.3. The molecule has 0 aromatic heterocycles. The number of ether oxygens (including phenoxy) is 2. The van der Waals surface area contributed by atoms with E-state index in [0.717, 1.165) is 16.0 Å². The highest BCUT2D eigenvalue weighted by Gasteiger charge is 2.34. The van der Waals surface area contributed by atoms with E-state index in [9.17, 15) is 14.0 Å². The van der Waals surface area contributed by atoms with Crippen molar-refractivity contribution in [2.45, 2.75) is 13.0 Å². The first-order chi connectivity index (χ1) is 17.4. The molecule has 0 saturated carbocycles. The van der Waals surface area contributed by atoms with E-state index in [1.807, 2.05) is 36.4 Å². The number of halogens is 1. The first-order valence-corrected chi connectivity index (χ1v) is 11.5. The molecule has 1 fully saturated rings. The number of carbonyl (C=O) groups excluding carboxylic acids is 2. The molecule has 3 aromatic carbocycles. The summed E-state index contributed by atoms with van der Waals surface area (Å²) in [7, 11) is 1.52. The molecule has 1 saturated heterocycles. The van der Waals surface area contributed by atoms with Gasteiger partial charge in [0, 0.05) is 5.56 Å². The van der Waals surface area contributed by atoms with Crippen LogP contribution in [0.15, 0.2) is 85.0 Å². The van der Waals surface area contributed by atoms with Gasteiger partial charge in [-0.05, 0) is 72.2 Å². The highest BCUT2D eigenvalue weighted by atomic mass is 32.1. The van der Waals surface area contributed by atoms with Gasteiger partial charge in [0.1, 0.15) is 18.0 Å². The van der Waals surface area contributed by atoms with Crippen molar-refractivity contribution >= 4 is 40.9 Å². The van der Waals surface area contributed by atoms with E-state index in [0.29, 0.717) is 35.8 Å². The zero-order valence-electron chi connectivity index (χ0n) is 19.5. The molecular formula is C28H23FN2O4S.